The molecule has 234 valence electrons. The van der Waals surface area contributed by atoms with E-state index in [1.165, 1.54) is 43.6 Å². The standard InChI is InChI=1S/C31H32ClF4N5O3/c1-29(2,3)12-23-30(14-39-20-11-22(31(34,35)36)38-13-17(20)30)24(16-6-5-7-18(32)25(16)33)26(41-23)28(43)40-19-9-8-15(27(37)42)10-21(19)44-4/h5-11,13,23-24,26,39,41H,12,14H2,1-4H3,(H2,37,42)(H,40,43)/t23-,24-,26+,30-/m0/s1. The fraction of sp³-hybridized carbons (Fsp3) is 0.387. The molecule has 1 spiro atoms. The first-order valence-electron chi connectivity index (χ1n) is 13.9. The van der Waals surface area contributed by atoms with Gasteiger partial charge in [0.05, 0.1) is 23.9 Å². The van der Waals surface area contributed by atoms with Crippen LogP contribution in [0.15, 0.2) is 48.7 Å². The molecule has 0 bridgehead atoms. The van der Waals surface area contributed by atoms with Crippen LogP contribution in [-0.2, 0) is 16.4 Å². The van der Waals surface area contributed by atoms with Crippen LogP contribution in [0.1, 0.15) is 60.3 Å². The molecular weight excluding hydrogens is 602 g/mol. The van der Waals surface area contributed by atoms with Crippen LogP contribution in [-0.4, -0.2) is 42.5 Å². The van der Waals surface area contributed by atoms with Gasteiger partial charge in [0.25, 0.3) is 0 Å². The van der Waals surface area contributed by atoms with Gasteiger partial charge in [0.1, 0.15) is 17.3 Å². The molecule has 0 unspecified atom stereocenters. The molecule has 13 heteroatoms. The van der Waals surface area contributed by atoms with Crippen LogP contribution < -0.4 is 26.4 Å². The first kappa shape index (κ1) is 31.5. The Balaban J connectivity index is 1.68. The summed E-state index contributed by atoms with van der Waals surface area (Å²) in [4.78, 5) is 29.6. The van der Waals surface area contributed by atoms with Crippen molar-refractivity contribution in [2.24, 2.45) is 11.1 Å². The summed E-state index contributed by atoms with van der Waals surface area (Å²) in [7, 11) is 1.37. The number of aromatic nitrogens is 1. The minimum atomic E-state index is -4.67. The molecule has 1 aromatic heterocycles. The van der Waals surface area contributed by atoms with Crippen molar-refractivity contribution in [3.8, 4) is 5.75 Å². The lowest BCUT2D eigenvalue weighted by Crippen LogP contribution is -2.46. The third kappa shape index (κ3) is 5.56. The minimum absolute atomic E-state index is 0.107. The van der Waals surface area contributed by atoms with Gasteiger partial charge >= 0.3 is 6.18 Å². The summed E-state index contributed by atoms with van der Waals surface area (Å²) in [6.45, 7) is 6.12. The van der Waals surface area contributed by atoms with Gasteiger partial charge in [-0.2, -0.15) is 13.2 Å². The third-order valence-corrected chi connectivity index (χ3v) is 8.61. The van der Waals surface area contributed by atoms with Crippen molar-refractivity contribution in [2.75, 3.05) is 24.3 Å². The lowest BCUT2D eigenvalue weighted by Gasteiger charge is -2.39. The molecule has 8 nitrogen and oxygen atoms in total. The number of hydrogen-bond acceptors (Lipinski definition) is 6. The first-order valence-corrected chi connectivity index (χ1v) is 14.2. The van der Waals surface area contributed by atoms with E-state index >= 15 is 4.39 Å². The Morgan fingerprint density at radius 3 is 2.55 bits per heavy atom. The minimum Gasteiger partial charge on any atom is -0.495 e. The summed E-state index contributed by atoms with van der Waals surface area (Å²) in [6, 6.07) is 8.15. The van der Waals surface area contributed by atoms with Gasteiger partial charge in [0, 0.05) is 46.9 Å². The average Bonchev–Trinajstić information content (AvgIpc) is 3.47. The van der Waals surface area contributed by atoms with Crippen LogP contribution in [0.5, 0.6) is 5.75 Å². The third-order valence-electron chi connectivity index (χ3n) is 8.32. The van der Waals surface area contributed by atoms with Gasteiger partial charge in [-0.3, -0.25) is 14.6 Å². The highest BCUT2D eigenvalue weighted by Gasteiger charge is 2.62. The first-order chi connectivity index (χ1) is 20.6. The molecule has 5 rings (SSSR count). The number of alkyl halides is 3. The number of hydrogen-bond donors (Lipinski definition) is 4. The highest BCUT2D eigenvalue weighted by atomic mass is 35.5. The molecule has 0 aliphatic carbocycles. The Morgan fingerprint density at radius 2 is 1.91 bits per heavy atom. The van der Waals surface area contributed by atoms with E-state index in [4.69, 9.17) is 22.1 Å². The largest absolute Gasteiger partial charge is 0.495 e. The number of pyridine rings is 1. The van der Waals surface area contributed by atoms with Crippen molar-refractivity contribution < 1.29 is 31.9 Å². The predicted molar refractivity (Wildman–Crippen MR) is 158 cm³/mol. The number of nitrogens with two attached hydrogens (primary N) is 1. The Hall–Kier alpha value is -3.90. The average molecular weight is 634 g/mol. The van der Waals surface area contributed by atoms with Crippen LogP contribution in [0.3, 0.4) is 0 Å². The number of benzene rings is 2. The Bertz CT molecular complexity index is 1630. The zero-order valence-electron chi connectivity index (χ0n) is 24.4. The van der Waals surface area contributed by atoms with Crippen molar-refractivity contribution in [3.05, 3.63) is 81.9 Å². The Labute approximate surface area is 256 Å². The maximum absolute atomic E-state index is 15.9. The summed E-state index contributed by atoms with van der Waals surface area (Å²) < 4.78 is 62.1. The van der Waals surface area contributed by atoms with Gasteiger partial charge in [0.15, 0.2) is 0 Å². The molecular formula is C31H32ClF4N5O3. The number of carbonyl (C=O) groups excluding carboxylic acids is 2. The van der Waals surface area contributed by atoms with Gasteiger partial charge in [0.2, 0.25) is 11.8 Å². The highest BCUT2D eigenvalue weighted by molar-refractivity contribution is 6.30. The van der Waals surface area contributed by atoms with E-state index in [1.54, 1.807) is 6.07 Å². The number of fused-ring (bicyclic) bond motifs is 2. The molecule has 3 aromatic rings. The fourth-order valence-corrected chi connectivity index (χ4v) is 6.67. The number of amides is 2. The summed E-state index contributed by atoms with van der Waals surface area (Å²) in [5.41, 5.74) is 4.11. The second-order valence-electron chi connectivity index (χ2n) is 12.4. The van der Waals surface area contributed by atoms with Crippen molar-refractivity contribution >= 4 is 34.8 Å². The number of nitrogens with one attached hydrogen (secondary N) is 3. The molecule has 44 heavy (non-hydrogen) atoms. The van der Waals surface area contributed by atoms with Crippen molar-refractivity contribution in [1.29, 1.82) is 0 Å². The zero-order valence-corrected chi connectivity index (χ0v) is 25.2. The van der Waals surface area contributed by atoms with Crippen LogP contribution in [0.2, 0.25) is 5.02 Å². The SMILES string of the molecule is COc1cc(C(N)=O)ccc1NC(=O)[C@@H]1N[C@@H](CC(C)(C)C)[C@@]2(CNc3cc(C(F)(F)F)ncc32)[C@H]1c1cccc(Cl)c1F. The number of rotatable bonds is 6. The van der Waals surface area contributed by atoms with Crippen molar-refractivity contribution in [3.63, 3.8) is 0 Å². The maximum atomic E-state index is 15.9. The fourth-order valence-electron chi connectivity index (χ4n) is 6.48. The van der Waals surface area contributed by atoms with E-state index in [-0.39, 0.29) is 45.2 Å². The zero-order chi connectivity index (χ0) is 32.2. The van der Waals surface area contributed by atoms with Crippen molar-refractivity contribution in [1.82, 2.24) is 10.3 Å². The molecule has 1 saturated heterocycles. The van der Waals surface area contributed by atoms with E-state index in [0.717, 1.165) is 6.07 Å². The molecule has 3 heterocycles. The number of primary amides is 1. The van der Waals surface area contributed by atoms with Crippen LogP contribution in [0.25, 0.3) is 0 Å². The van der Waals surface area contributed by atoms with Crippen LogP contribution >= 0.6 is 11.6 Å². The van der Waals surface area contributed by atoms with E-state index in [0.29, 0.717) is 12.0 Å². The second-order valence-corrected chi connectivity index (χ2v) is 12.8. The second kappa shape index (κ2) is 11.2. The molecule has 2 aliphatic rings. The van der Waals surface area contributed by atoms with Crippen LogP contribution in [0, 0.1) is 11.2 Å². The molecule has 2 amide bonds. The monoisotopic (exact) mass is 633 g/mol. The molecule has 2 aromatic carbocycles. The number of ether oxygens (including phenoxy) is 1. The Kier molecular flexibility index (Phi) is 8.04. The summed E-state index contributed by atoms with van der Waals surface area (Å²) in [5.74, 6) is -2.72. The highest BCUT2D eigenvalue weighted by Crippen LogP contribution is 2.56. The van der Waals surface area contributed by atoms with E-state index in [1.807, 2.05) is 20.8 Å². The van der Waals surface area contributed by atoms with Gasteiger partial charge < -0.3 is 26.4 Å². The molecule has 5 N–H and O–H groups in total. The van der Waals surface area contributed by atoms with Gasteiger partial charge in [-0.15, -0.1) is 0 Å². The summed E-state index contributed by atoms with van der Waals surface area (Å²) in [6.07, 6.45) is -3.01. The van der Waals surface area contributed by atoms with Gasteiger partial charge in [-0.25, -0.2) is 4.39 Å². The van der Waals surface area contributed by atoms with Gasteiger partial charge in [-0.1, -0.05) is 44.5 Å². The van der Waals surface area contributed by atoms with E-state index in [9.17, 15) is 22.8 Å². The Morgan fingerprint density at radius 1 is 1.18 bits per heavy atom. The molecule has 0 saturated carbocycles. The number of methoxy groups -OCH3 is 1. The van der Waals surface area contributed by atoms with E-state index in [2.05, 4.69) is 20.9 Å². The molecule has 4 atom stereocenters. The normalized spacial score (nSPS) is 22.9. The molecule has 0 radical (unpaired) electrons. The number of halogens is 5. The summed E-state index contributed by atoms with van der Waals surface area (Å²) in [5, 5.41) is 9.20. The summed E-state index contributed by atoms with van der Waals surface area (Å²) >= 11 is 6.24. The van der Waals surface area contributed by atoms with Gasteiger partial charge in [-0.05, 0) is 47.7 Å². The van der Waals surface area contributed by atoms with Crippen molar-refractivity contribution in [2.45, 2.75) is 56.8 Å². The number of carbonyl (C=O) groups is 2. The van der Waals surface area contributed by atoms with E-state index < -0.39 is 52.9 Å². The van der Waals surface area contributed by atoms with Crippen LogP contribution in [0.4, 0.5) is 28.9 Å². The quantitative estimate of drug-likeness (QED) is 0.253. The smallest absolute Gasteiger partial charge is 0.433 e. The number of nitrogens with zero attached hydrogens (tertiary/aromatic N) is 1. The maximum Gasteiger partial charge on any atom is 0.433 e. The topological polar surface area (TPSA) is 118 Å². The molecule has 1 fully saturated rings. The number of anilines is 2. The lowest BCUT2D eigenvalue weighted by molar-refractivity contribution is -0.141. The predicted octanol–water partition coefficient (Wildman–Crippen LogP) is 5.86. The lowest BCUT2D eigenvalue weighted by atomic mass is 9.63. The molecule has 2 aliphatic heterocycles.